The Morgan fingerprint density at radius 1 is 1.14 bits per heavy atom. The molecule has 3 heterocycles. The van der Waals surface area contributed by atoms with Gasteiger partial charge in [0, 0.05) is 19.4 Å². The second-order valence-electron chi connectivity index (χ2n) is 6.43. The maximum Gasteiger partial charge on any atom is 0.270 e. The van der Waals surface area contributed by atoms with Crippen molar-refractivity contribution in [1.82, 2.24) is 29.0 Å². The average molecular weight is 374 g/mol. The summed E-state index contributed by atoms with van der Waals surface area (Å²) in [5.74, 6) is -0.372. The Bertz CT molecular complexity index is 1180. The molecule has 8 nitrogen and oxygen atoms in total. The Morgan fingerprint density at radius 3 is 2.64 bits per heavy atom. The van der Waals surface area contributed by atoms with Gasteiger partial charge in [0.05, 0.1) is 11.7 Å². The number of pyridine rings is 1. The third-order valence-electron chi connectivity index (χ3n) is 4.80. The quantitative estimate of drug-likeness (QED) is 0.546. The second kappa shape index (κ2) is 7.07. The zero-order valence-corrected chi connectivity index (χ0v) is 15.4. The molecule has 0 radical (unpaired) electrons. The van der Waals surface area contributed by atoms with E-state index in [0.29, 0.717) is 5.65 Å². The van der Waals surface area contributed by atoms with Gasteiger partial charge in [0.15, 0.2) is 0 Å². The van der Waals surface area contributed by atoms with E-state index in [1.54, 1.807) is 42.5 Å². The van der Waals surface area contributed by atoms with Crippen LogP contribution in [0.2, 0.25) is 0 Å². The Hall–Kier alpha value is -3.81. The van der Waals surface area contributed by atoms with Gasteiger partial charge in [0.1, 0.15) is 23.9 Å². The van der Waals surface area contributed by atoms with Crippen LogP contribution < -0.4 is 5.56 Å². The fourth-order valence-corrected chi connectivity index (χ4v) is 3.01. The normalized spacial score (nSPS) is 12.1. The minimum absolute atomic E-state index is 0.0392. The third kappa shape index (κ3) is 3.05. The van der Waals surface area contributed by atoms with E-state index < -0.39 is 0 Å². The maximum atomic E-state index is 12.9. The summed E-state index contributed by atoms with van der Waals surface area (Å²) >= 11 is 0. The summed E-state index contributed by atoms with van der Waals surface area (Å²) in [5, 5.41) is 4.10. The topological polar surface area (TPSA) is 85.4 Å². The molecule has 1 aromatic carbocycles. The molecule has 0 saturated carbocycles. The number of nitrogens with zero attached hydrogens (tertiary/aromatic N) is 6. The number of hydrogen-bond acceptors (Lipinski definition) is 5. The SMILES string of the molecule is CC(c1ccc(-n2cncn2)cc1)N(C)C(=O)c1cnc2ccccn2c1=O. The minimum Gasteiger partial charge on any atom is -0.335 e. The average Bonchev–Trinajstić information content (AvgIpc) is 3.28. The lowest BCUT2D eigenvalue weighted by molar-refractivity contribution is 0.0740. The van der Waals surface area contributed by atoms with Gasteiger partial charge < -0.3 is 4.90 Å². The van der Waals surface area contributed by atoms with E-state index in [1.165, 1.54) is 21.8 Å². The van der Waals surface area contributed by atoms with E-state index in [9.17, 15) is 9.59 Å². The molecule has 0 fully saturated rings. The summed E-state index contributed by atoms with van der Waals surface area (Å²) in [4.78, 5) is 35.3. The number of aromatic nitrogens is 5. The summed E-state index contributed by atoms with van der Waals surface area (Å²) in [6.45, 7) is 1.91. The van der Waals surface area contributed by atoms with Crippen LogP contribution in [-0.4, -0.2) is 42.0 Å². The van der Waals surface area contributed by atoms with E-state index in [2.05, 4.69) is 15.1 Å². The fourth-order valence-electron chi connectivity index (χ4n) is 3.01. The largest absolute Gasteiger partial charge is 0.335 e. The van der Waals surface area contributed by atoms with Crippen LogP contribution in [0.3, 0.4) is 0 Å². The summed E-state index contributed by atoms with van der Waals surface area (Å²) in [6, 6.07) is 12.7. The van der Waals surface area contributed by atoms with Gasteiger partial charge in [0.25, 0.3) is 11.5 Å². The highest BCUT2D eigenvalue weighted by Crippen LogP contribution is 2.21. The van der Waals surface area contributed by atoms with E-state index >= 15 is 0 Å². The van der Waals surface area contributed by atoms with E-state index in [1.807, 2.05) is 31.2 Å². The number of rotatable bonds is 4. The highest BCUT2D eigenvalue weighted by molar-refractivity contribution is 5.93. The zero-order valence-electron chi connectivity index (χ0n) is 15.4. The highest BCUT2D eigenvalue weighted by Gasteiger charge is 2.22. The first-order valence-electron chi connectivity index (χ1n) is 8.75. The van der Waals surface area contributed by atoms with Crippen molar-refractivity contribution in [3.8, 4) is 5.69 Å². The van der Waals surface area contributed by atoms with Crippen molar-refractivity contribution in [3.63, 3.8) is 0 Å². The number of benzene rings is 1. The Kier molecular flexibility index (Phi) is 4.44. The van der Waals surface area contributed by atoms with Crippen LogP contribution >= 0.6 is 0 Å². The van der Waals surface area contributed by atoms with Crippen LogP contribution in [0.5, 0.6) is 0 Å². The number of carbonyl (C=O) groups is 1. The van der Waals surface area contributed by atoms with Gasteiger partial charge in [-0.25, -0.2) is 14.6 Å². The molecule has 0 bridgehead atoms. The molecule has 0 aliphatic heterocycles. The molecule has 140 valence electrons. The van der Waals surface area contributed by atoms with Gasteiger partial charge >= 0.3 is 0 Å². The predicted octanol–water partition coefficient (Wildman–Crippen LogP) is 2.11. The van der Waals surface area contributed by atoms with Crippen LogP contribution in [0.1, 0.15) is 28.9 Å². The molecule has 0 spiro atoms. The van der Waals surface area contributed by atoms with Gasteiger partial charge in [0.2, 0.25) is 0 Å². The first-order valence-corrected chi connectivity index (χ1v) is 8.75. The van der Waals surface area contributed by atoms with Gasteiger partial charge in [-0.2, -0.15) is 5.10 Å². The molecule has 3 aromatic heterocycles. The number of amides is 1. The summed E-state index contributed by atoms with van der Waals surface area (Å²) in [6.07, 6.45) is 6.04. The molecule has 8 heteroatoms. The van der Waals surface area contributed by atoms with Crippen LogP contribution in [0.15, 0.2) is 72.3 Å². The van der Waals surface area contributed by atoms with Gasteiger partial charge in [-0.1, -0.05) is 18.2 Å². The molecule has 28 heavy (non-hydrogen) atoms. The predicted molar refractivity (Wildman–Crippen MR) is 103 cm³/mol. The number of hydrogen-bond donors (Lipinski definition) is 0. The lowest BCUT2D eigenvalue weighted by Crippen LogP contribution is -2.35. The van der Waals surface area contributed by atoms with Gasteiger partial charge in [-0.05, 0) is 36.8 Å². The summed E-state index contributed by atoms with van der Waals surface area (Å²) in [7, 11) is 1.68. The Labute approximate surface area is 160 Å². The summed E-state index contributed by atoms with van der Waals surface area (Å²) < 4.78 is 3.03. The van der Waals surface area contributed by atoms with Crippen molar-refractivity contribution in [2.75, 3.05) is 7.05 Å². The smallest absolute Gasteiger partial charge is 0.270 e. The van der Waals surface area contributed by atoms with E-state index in [-0.39, 0.29) is 23.1 Å². The monoisotopic (exact) mass is 374 g/mol. The first kappa shape index (κ1) is 17.6. The zero-order chi connectivity index (χ0) is 19.7. The maximum absolute atomic E-state index is 12.9. The van der Waals surface area contributed by atoms with E-state index in [4.69, 9.17) is 0 Å². The standard InChI is InChI=1S/C20H18N6O2/c1-14(15-6-8-16(9-7-15)26-13-21-12-23-26)24(2)19(27)17-11-22-18-5-3-4-10-25(18)20(17)28/h3-14H,1-2H3. The lowest BCUT2D eigenvalue weighted by Gasteiger charge is -2.25. The first-order chi connectivity index (χ1) is 13.6. The van der Waals surface area contributed by atoms with Crippen molar-refractivity contribution in [2.24, 2.45) is 0 Å². The molecule has 1 atom stereocenters. The Balaban J connectivity index is 1.60. The van der Waals surface area contributed by atoms with Gasteiger partial charge in [-0.15, -0.1) is 0 Å². The molecule has 4 aromatic rings. The molecule has 1 unspecified atom stereocenters. The molecular weight excluding hydrogens is 356 g/mol. The van der Waals surface area contributed by atoms with Crippen molar-refractivity contribution < 1.29 is 4.79 Å². The van der Waals surface area contributed by atoms with Crippen LogP contribution in [0.25, 0.3) is 11.3 Å². The summed E-state index contributed by atoms with van der Waals surface area (Å²) in [5.41, 5.74) is 1.98. The molecule has 4 rings (SSSR count). The van der Waals surface area contributed by atoms with Crippen LogP contribution in [0.4, 0.5) is 0 Å². The van der Waals surface area contributed by atoms with Crippen molar-refractivity contribution in [1.29, 1.82) is 0 Å². The second-order valence-corrected chi connectivity index (χ2v) is 6.43. The molecule has 0 aliphatic carbocycles. The number of carbonyl (C=O) groups excluding carboxylic acids is 1. The van der Waals surface area contributed by atoms with Crippen LogP contribution in [-0.2, 0) is 0 Å². The van der Waals surface area contributed by atoms with Crippen LogP contribution in [0, 0.1) is 0 Å². The Morgan fingerprint density at radius 2 is 1.93 bits per heavy atom. The highest BCUT2D eigenvalue weighted by atomic mass is 16.2. The fraction of sp³-hybridized carbons (Fsp3) is 0.150. The molecule has 0 saturated heterocycles. The lowest BCUT2D eigenvalue weighted by atomic mass is 10.1. The number of fused-ring (bicyclic) bond motifs is 1. The molecular formula is C20H18N6O2. The van der Waals surface area contributed by atoms with E-state index in [0.717, 1.165) is 11.3 Å². The third-order valence-corrected chi connectivity index (χ3v) is 4.80. The van der Waals surface area contributed by atoms with Crippen molar-refractivity contribution in [2.45, 2.75) is 13.0 Å². The minimum atomic E-state index is -0.379. The molecule has 1 amide bonds. The molecule has 0 N–H and O–H groups in total. The van der Waals surface area contributed by atoms with Crippen molar-refractivity contribution >= 4 is 11.6 Å². The van der Waals surface area contributed by atoms with Gasteiger partial charge in [-0.3, -0.25) is 14.0 Å². The van der Waals surface area contributed by atoms with Crippen molar-refractivity contribution in [3.05, 3.63) is 89.0 Å². The molecule has 0 aliphatic rings.